The summed E-state index contributed by atoms with van der Waals surface area (Å²) in [6.45, 7) is 0. The summed E-state index contributed by atoms with van der Waals surface area (Å²) in [7, 11) is 0. The number of rotatable bonds is 2. The highest BCUT2D eigenvalue weighted by atomic mass is 35.5. The van der Waals surface area contributed by atoms with E-state index in [0.717, 1.165) is 36.4 Å². The van der Waals surface area contributed by atoms with Crippen molar-refractivity contribution < 1.29 is 31.8 Å². The molecule has 1 aliphatic rings. The van der Waals surface area contributed by atoms with Crippen molar-refractivity contribution in [1.82, 2.24) is 0 Å². The lowest BCUT2D eigenvalue weighted by atomic mass is 10.0. The van der Waals surface area contributed by atoms with Crippen LogP contribution in [0.25, 0.3) is 0 Å². The van der Waals surface area contributed by atoms with E-state index in [1.807, 2.05) is 0 Å². The minimum Gasteiger partial charge on any atom is -0.618 e. The first kappa shape index (κ1) is 16.3. The Morgan fingerprint density at radius 1 is 1.12 bits per heavy atom. The third-order valence-electron chi connectivity index (χ3n) is 3.26. The molecular formula is C15H6ClF4NO3. The molecule has 3 rings (SSSR count). The van der Waals surface area contributed by atoms with Crippen molar-refractivity contribution in [2.45, 2.75) is 6.36 Å². The lowest BCUT2D eigenvalue weighted by molar-refractivity contribution is -0.358. The van der Waals surface area contributed by atoms with Gasteiger partial charge in [0.25, 0.3) is 17.2 Å². The lowest BCUT2D eigenvalue weighted by Crippen LogP contribution is -2.18. The van der Waals surface area contributed by atoms with E-state index in [9.17, 15) is 27.6 Å². The van der Waals surface area contributed by atoms with E-state index >= 15 is 0 Å². The van der Waals surface area contributed by atoms with Gasteiger partial charge in [-0.25, -0.2) is 0 Å². The summed E-state index contributed by atoms with van der Waals surface area (Å²) in [6.07, 6.45) is -4.86. The van der Waals surface area contributed by atoms with E-state index < -0.39 is 35.1 Å². The van der Waals surface area contributed by atoms with Crippen molar-refractivity contribution in [3.05, 3.63) is 63.6 Å². The number of ketones is 1. The molecule has 0 unspecified atom stereocenters. The van der Waals surface area contributed by atoms with Crippen LogP contribution in [0.5, 0.6) is 5.75 Å². The predicted molar refractivity (Wildman–Crippen MR) is 76.3 cm³/mol. The fourth-order valence-electron chi connectivity index (χ4n) is 2.34. The Morgan fingerprint density at radius 3 is 2.33 bits per heavy atom. The second kappa shape index (κ2) is 5.48. The average Bonchev–Trinajstić information content (AvgIpc) is 2.70. The van der Waals surface area contributed by atoms with Crippen LogP contribution < -0.4 is 4.74 Å². The summed E-state index contributed by atoms with van der Waals surface area (Å²) < 4.78 is 54.1. The Kier molecular flexibility index (Phi) is 3.71. The van der Waals surface area contributed by atoms with Crippen LogP contribution in [0.2, 0.25) is 5.02 Å². The highest BCUT2D eigenvalue weighted by Gasteiger charge is 2.39. The molecule has 0 radical (unpaired) electrons. The number of Topliss-reactive ketones (excluding diaryl/α,β-unsaturated/α-hetero) is 1. The van der Waals surface area contributed by atoms with Crippen molar-refractivity contribution in [2.75, 3.05) is 0 Å². The zero-order chi connectivity index (χ0) is 17.6. The second-order valence-electron chi connectivity index (χ2n) is 4.83. The van der Waals surface area contributed by atoms with Crippen LogP contribution in [0.1, 0.15) is 15.9 Å². The van der Waals surface area contributed by atoms with Gasteiger partial charge in [0.05, 0.1) is 5.56 Å². The summed E-state index contributed by atoms with van der Waals surface area (Å²) in [5.74, 6) is -2.25. The average molecular weight is 360 g/mol. The summed E-state index contributed by atoms with van der Waals surface area (Å²) in [5.41, 5.74) is -1.07. The molecule has 24 heavy (non-hydrogen) atoms. The fraction of sp³-hybridized carbons (Fsp3) is 0.0667. The molecule has 0 amide bonds. The van der Waals surface area contributed by atoms with Gasteiger partial charge in [-0.15, -0.1) is 13.2 Å². The minimum absolute atomic E-state index is 0.0243. The number of halogens is 5. The monoisotopic (exact) mass is 359 g/mol. The number of benzene rings is 2. The number of alkyl halides is 3. The largest absolute Gasteiger partial charge is 0.618 e. The molecule has 0 atom stereocenters. The van der Waals surface area contributed by atoms with Gasteiger partial charge in [0.1, 0.15) is 11.3 Å². The van der Waals surface area contributed by atoms with E-state index in [2.05, 4.69) is 4.74 Å². The number of hydrogen-bond acceptors (Lipinski definition) is 3. The van der Waals surface area contributed by atoms with Crippen LogP contribution in [0.4, 0.5) is 23.2 Å². The Morgan fingerprint density at radius 2 is 1.75 bits per heavy atom. The quantitative estimate of drug-likeness (QED) is 0.458. The van der Waals surface area contributed by atoms with Gasteiger partial charge in [0.15, 0.2) is 5.82 Å². The van der Waals surface area contributed by atoms with E-state index in [1.54, 1.807) is 0 Å². The van der Waals surface area contributed by atoms with Crippen LogP contribution in [0.15, 0.2) is 36.4 Å². The molecule has 2 aromatic carbocycles. The zero-order valence-electron chi connectivity index (χ0n) is 11.5. The first-order valence-corrected chi connectivity index (χ1v) is 6.79. The van der Waals surface area contributed by atoms with E-state index in [-0.39, 0.29) is 20.9 Å². The lowest BCUT2D eigenvalue weighted by Gasteiger charge is -2.08. The maximum absolute atomic E-state index is 13.9. The van der Waals surface area contributed by atoms with Gasteiger partial charge in [-0.1, -0.05) is 11.6 Å². The van der Waals surface area contributed by atoms with E-state index in [1.165, 1.54) is 0 Å². The number of carbonyl (C=O) groups is 1. The number of carbonyl (C=O) groups excluding carboxylic acids is 1. The summed E-state index contributed by atoms with van der Waals surface area (Å²) in [5, 5.41) is 12.2. The van der Waals surface area contributed by atoms with Crippen LogP contribution in [-0.2, 0) is 0 Å². The molecule has 0 saturated carbocycles. The number of fused-ring (bicyclic) bond motifs is 1. The third-order valence-corrected chi connectivity index (χ3v) is 3.47. The molecule has 1 heterocycles. The molecule has 0 spiro atoms. The maximum Gasteiger partial charge on any atom is 0.573 e. The van der Waals surface area contributed by atoms with Crippen LogP contribution in [-0.4, -0.2) is 22.6 Å². The number of ether oxygens (including phenoxy) is 1. The predicted octanol–water partition coefficient (Wildman–Crippen LogP) is 4.21. The van der Waals surface area contributed by atoms with Crippen molar-refractivity contribution in [3.63, 3.8) is 0 Å². The van der Waals surface area contributed by atoms with Gasteiger partial charge < -0.3 is 9.94 Å². The first-order chi connectivity index (χ1) is 11.2. The van der Waals surface area contributed by atoms with Gasteiger partial charge in [0.2, 0.25) is 0 Å². The highest BCUT2D eigenvalue weighted by Crippen LogP contribution is 2.33. The number of nitrogens with zero attached hydrogens (tertiary/aromatic N) is 1. The Bertz CT molecular complexity index is 876. The Labute approximate surface area is 137 Å². The van der Waals surface area contributed by atoms with E-state index in [4.69, 9.17) is 11.6 Å². The molecule has 0 aliphatic carbocycles. The van der Waals surface area contributed by atoms with Gasteiger partial charge in [0, 0.05) is 5.02 Å². The van der Waals surface area contributed by atoms with Crippen molar-refractivity contribution in [3.8, 4) is 5.75 Å². The van der Waals surface area contributed by atoms with Gasteiger partial charge >= 0.3 is 6.36 Å². The number of hydrogen-bond donors (Lipinski definition) is 0. The molecular weight excluding hydrogens is 354 g/mol. The fourth-order valence-corrected chi connectivity index (χ4v) is 2.54. The zero-order valence-corrected chi connectivity index (χ0v) is 12.3. The topological polar surface area (TPSA) is 52.4 Å². The summed E-state index contributed by atoms with van der Waals surface area (Å²) in [4.78, 5) is 12.3. The van der Waals surface area contributed by atoms with Crippen LogP contribution in [0.3, 0.4) is 0 Å². The smallest absolute Gasteiger partial charge is 0.573 e. The Hall–Kier alpha value is -2.61. The highest BCUT2D eigenvalue weighted by molar-refractivity contribution is 6.52. The Balaban J connectivity index is 2.02. The molecule has 9 heteroatoms. The second-order valence-corrected chi connectivity index (χ2v) is 5.26. The summed E-state index contributed by atoms with van der Waals surface area (Å²) in [6, 6.07) is 6.14. The van der Waals surface area contributed by atoms with Crippen LogP contribution in [0, 0.1) is 11.0 Å². The van der Waals surface area contributed by atoms with Crippen LogP contribution >= 0.6 is 11.6 Å². The first-order valence-electron chi connectivity index (χ1n) is 6.41. The minimum atomic E-state index is -4.86. The molecule has 0 bridgehead atoms. The van der Waals surface area contributed by atoms with Crippen molar-refractivity contribution >= 4 is 28.8 Å². The molecule has 0 saturated heterocycles. The molecule has 124 valence electrons. The van der Waals surface area contributed by atoms with Crippen molar-refractivity contribution in [1.29, 1.82) is 0 Å². The maximum atomic E-state index is 13.9. The standard InChI is InChI=1S/C15H6ClF4NO3/c16-8-5-10-13(11(17)6-8)21(23)12(14(10)22)7-1-3-9(4-2-7)24-15(18,19)20/h1-6H. The molecule has 0 fully saturated rings. The SMILES string of the molecule is O=C1C(c2ccc(OC(F)(F)F)cc2)=[N+]([O-])c2c(F)cc(Cl)cc21. The van der Waals surface area contributed by atoms with Crippen molar-refractivity contribution in [2.24, 2.45) is 0 Å². The van der Waals surface area contributed by atoms with Gasteiger partial charge in [-0.3, -0.25) is 4.79 Å². The summed E-state index contributed by atoms with van der Waals surface area (Å²) >= 11 is 5.67. The molecule has 2 aromatic rings. The van der Waals surface area contributed by atoms with Gasteiger partial charge in [-0.2, -0.15) is 9.13 Å². The third kappa shape index (κ3) is 2.80. The molecule has 4 nitrogen and oxygen atoms in total. The molecule has 1 aliphatic heterocycles. The van der Waals surface area contributed by atoms with E-state index in [0.29, 0.717) is 0 Å². The van der Waals surface area contributed by atoms with Gasteiger partial charge in [-0.05, 0) is 36.4 Å². The molecule has 0 aromatic heterocycles. The normalized spacial score (nSPS) is 14.1. The molecule has 0 N–H and O–H groups in total.